The van der Waals surface area contributed by atoms with Crippen LogP contribution in [0.2, 0.25) is 0 Å². The molecule has 1 saturated heterocycles. The Bertz CT molecular complexity index is 483. The lowest BCUT2D eigenvalue weighted by Gasteiger charge is -2.35. The first-order valence-corrected chi connectivity index (χ1v) is 6.63. The summed E-state index contributed by atoms with van der Waals surface area (Å²) >= 11 is 0. The molecule has 6 heteroatoms. The van der Waals surface area contributed by atoms with E-state index in [0.717, 1.165) is 19.4 Å². The summed E-state index contributed by atoms with van der Waals surface area (Å²) in [5, 5.41) is 16.8. The van der Waals surface area contributed by atoms with Gasteiger partial charge in [-0.1, -0.05) is 0 Å². The minimum Gasteiger partial charge on any atom is -0.477 e. The van der Waals surface area contributed by atoms with Crippen LogP contribution in [0.1, 0.15) is 35.8 Å². The van der Waals surface area contributed by atoms with E-state index in [0.29, 0.717) is 23.6 Å². The summed E-state index contributed by atoms with van der Waals surface area (Å²) in [6.45, 7) is 4.95. The normalized spacial score (nSPS) is 24.4. The molecule has 2 atom stereocenters. The number of carbonyl (C=O) groups is 1. The van der Waals surface area contributed by atoms with Crippen LogP contribution in [0.15, 0.2) is 0 Å². The van der Waals surface area contributed by atoms with Crippen LogP contribution in [-0.2, 0) is 7.05 Å². The van der Waals surface area contributed by atoms with Gasteiger partial charge in [0.1, 0.15) is 11.4 Å². The molecule has 2 rings (SSSR count). The molecule has 0 saturated carbocycles. The van der Waals surface area contributed by atoms with Crippen molar-refractivity contribution in [3.63, 3.8) is 0 Å². The number of nitrogens with one attached hydrogen (secondary N) is 1. The number of aromatic carboxylic acids is 1. The van der Waals surface area contributed by atoms with Gasteiger partial charge in [-0.2, -0.15) is 5.10 Å². The monoisotopic (exact) mass is 266 g/mol. The lowest BCUT2D eigenvalue weighted by atomic mass is 9.99. The van der Waals surface area contributed by atoms with Gasteiger partial charge in [0.25, 0.3) is 0 Å². The molecule has 106 valence electrons. The summed E-state index contributed by atoms with van der Waals surface area (Å²) in [7, 11) is 3.90. The van der Waals surface area contributed by atoms with Gasteiger partial charge in [-0.05, 0) is 33.7 Å². The van der Waals surface area contributed by atoms with Crippen molar-refractivity contribution >= 4 is 11.8 Å². The van der Waals surface area contributed by atoms with Crippen LogP contribution in [-0.4, -0.2) is 51.4 Å². The molecule has 2 unspecified atom stereocenters. The zero-order valence-corrected chi connectivity index (χ0v) is 12.0. The van der Waals surface area contributed by atoms with E-state index in [2.05, 4.69) is 29.3 Å². The van der Waals surface area contributed by atoms with Crippen molar-refractivity contribution in [2.75, 3.05) is 18.9 Å². The molecule has 0 bridgehead atoms. The molecular weight excluding hydrogens is 244 g/mol. The minimum absolute atomic E-state index is 0.286. The predicted octanol–water partition coefficient (Wildman–Crippen LogP) is 1.32. The van der Waals surface area contributed by atoms with Gasteiger partial charge < -0.3 is 15.3 Å². The minimum atomic E-state index is -0.922. The van der Waals surface area contributed by atoms with E-state index in [1.54, 1.807) is 18.7 Å². The third-order valence-corrected chi connectivity index (χ3v) is 3.99. The molecule has 0 aliphatic carbocycles. The van der Waals surface area contributed by atoms with Gasteiger partial charge in [-0.25, -0.2) is 4.79 Å². The van der Waals surface area contributed by atoms with E-state index in [1.165, 1.54) is 0 Å². The molecular formula is C13H22N4O2. The number of hydrogen-bond donors (Lipinski definition) is 2. The van der Waals surface area contributed by atoms with Gasteiger partial charge in [0.05, 0.1) is 5.69 Å². The molecule has 1 aromatic heterocycles. The highest BCUT2D eigenvalue weighted by Crippen LogP contribution is 2.24. The standard InChI is InChI=1S/C13H22N4O2/c1-8-7-10(5-6-16(8)3)14-12-11(13(18)19)9(2)15-17(12)4/h8,10,14H,5-7H2,1-4H3,(H,18,19). The van der Waals surface area contributed by atoms with E-state index in [1.807, 2.05) is 0 Å². The number of carboxylic acids is 1. The molecule has 19 heavy (non-hydrogen) atoms. The number of rotatable bonds is 3. The van der Waals surface area contributed by atoms with Crippen LogP contribution in [0.5, 0.6) is 0 Å². The highest BCUT2D eigenvalue weighted by Gasteiger charge is 2.26. The van der Waals surface area contributed by atoms with Crippen molar-refractivity contribution in [2.45, 2.75) is 38.8 Å². The highest BCUT2D eigenvalue weighted by molar-refractivity contribution is 5.94. The maximum Gasteiger partial charge on any atom is 0.341 e. The summed E-state index contributed by atoms with van der Waals surface area (Å²) in [5.74, 6) is -0.305. The Morgan fingerprint density at radius 2 is 2.16 bits per heavy atom. The molecule has 0 spiro atoms. The molecule has 0 aromatic carbocycles. The average Bonchev–Trinajstić information content (AvgIpc) is 2.59. The van der Waals surface area contributed by atoms with Crippen LogP contribution in [0.3, 0.4) is 0 Å². The number of piperidine rings is 1. The van der Waals surface area contributed by atoms with Crippen molar-refractivity contribution in [1.82, 2.24) is 14.7 Å². The first kappa shape index (κ1) is 13.9. The summed E-state index contributed by atoms with van der Waals surface area (Å²) in [4.78, 5) is 13.6. The summed E-state index contributed by atoms with van der Waals surface area (Å²) < 4.78 is 1.63. The summed E-state index contributed by atoms with van der Waals surface area (Å²) in [5.41, 5.74) is 0.840. The molecule has 1 aliphatic rings. The van der Waals surface area contributed by atoms with Gasteiger partial charge in [0.15, 0.2) is 0 Å². The fourth-order valence-electron chi connectivity index (χ4n) is 2.69. The zero-order chi connectivity index (χ0) is 14.2. The Morgan fingerprint density at radius 3 is 2.74 bits per heavy atom. The molecule has 1 aliphatic heterocycles. The van der Waals surface area contributed by atoms with Crippen LogP contribution < -0.4 is 5.32 Å². The first-order valence-electron chi connectivity index (χ1n) is 6.63. The lowest BCUT2D eigenvalue weighted by molar-refractivity contribution is 0.0697. The SMILES string of the molecule is Cc1nn(C)c(NC2CCN(C)C(C)C2)c1C(=O)O. The molecule has 2 heterocycles. The molecule has 0 radical (unpaired) electrons. The van der Waals surface area contributed by atoms with Crippen LogP contribution in [0, 0.1) is 6.92 Å². The van der Waals surface area contributed by atoms with E-state index >= 15 is 0 Å². The van der Waals surface area contributed by atoms with Crippen molar-refractivity contribution < 1.29 is 9.90 Å². The average molecular weight is 266 g/mol. The number of nitrogens with zero attached hydrogens (tertiary/aromatic N) is 3. The summed E-state index contributed by atoms with van der Waals surface area (Å²) in [6.07, 6.45) is 2.03. The topological polar surface area (TPSA) is 70.4 Å². The molecule has 0 amide bonds. The Balaban J connectivity index is 2.17. The van der Waals surface area contributed by atoms with E-state index in [4.69, 9.17) is 0 Å². The third-order valence-electron chi connectivity index (χ3n) is 3.99. The molecule has 1 aromatic rings. The fraction of sp³-hybridized carbons (Fsp3) is 0.692. The van der Waals surface area contributed by atoms with Gasteiger partial charge in [0, 0.05) is 25.7 Å². The van der Waals surface area contributed by atoms with E-state index < -0.39 is 5.97 Å². The number of aromatic nitrogens is 2. The quantitative estimate of drug-likeness (QED) is 0.863. The van der Waals surface area contributed by atoms with Gasteiger partial charge in [0.2, 0.25) is 0 Å². The van der Waals surface area contributed by atoms with E-state index in [9.17, 15) is 9.90 Å². The van der Waals surface area contributed by atoms with Crippen LogP contribution in [0.25, 0.3) is 0 Å². The smallest absolute Gasteiger partial charge is 0.341 e. The summed E-state index contributed by atoms with van der Waals surface area (Å²) in [6, 6.07) is 0.813. The number of anilines is 1. The number of likely N-dealkylation sites (tertiary alicyclic amines) is 1. The Morgan fingerprint density at radius 1 is 1.47 bits per heavy atom. The van der Waals surface area contributed by atoms with Crippen LogP contribution in [0.4, 0.5) is 5.82 Å². The van der Waals surface area contributed by atoms with Crippen molar-refractivity contribution in [3.8, 4) is 0 Å². The Labute approximate surface area is 113 Å². The second-order valence-corrected chi connectivity index (χ2v) is 5.43. The third kappa shape index (κ3) is 2.73. The van der Waals surface area contributed by atoms with Crippen molar-refractivity contribution in [3.05, 3.63) is 11.3 Å². The molecule has 2 N–H and O–H groups in total. The predicted molar refractivity (Wildman–Crippen MR) is 73.6 cm³/mol. The zero-order valence-electron chi connectivity index (χ0n) is 12.0. The van der Waals surface area contributed by atoms with Gasteiger partial charge in [-0.3, -0.25) is 4.68 Å². The molecule has 6 nitrogen and oxygen atoms in total. The Hall–Kier alpha value is -1.56. The second-order valence-electron chi connectivity index (χ2n) is 5.43. The van der Waals surface area contributed by atoms with Crippen LogP contribution >= 0.6 is 0 Å². The first-order chi connectivity index (χ1) is 8.90. The molecule has 1 fully saturated rings. The van der Waals surface area contributed by atoms with Crippen molar-refractivity contribution in [1.29, 1.82) is 0 Å². The van der Waals surface area contributed by atoms with Crippen molar-refractivity contribution in [2.24, 2.45) is 7.05 Å². The van der Waals surface area contributed by atoms with E-state index in [-0.39, 0.29) is 5.56 Å². The number of hydrogen-bond acceptors (Lipinski definition) is 4. The highest BCUT2D eigenvalue weighted by atomic mass is 16.4. The maximum atomic E-state index is 11.3. The lowest BCUT2D eigenvalue weighted by Crippen LogP contribution is -2.43. The van der Waals surface area contributed by atoms with Gasteiger partial charge in [-0.15, -0.1) is 0 Å². The maximum absolute atomic E-state index is 11.3. The number of carboxylic acid groups (broad SMARTS) is 1. The number of aryl methyl sites for hydroxylation is 2. The fourth-order valence-corrected chi connectivity index (χ4v) is 2.69. The van der Waals surface area contributed by atoms with Gasteiger partial charge >= 0.3 is 5.97 Å². The largest absolute Gasteiger partial charge is 0.477 e. The second kappa shape index (κ2) is 5.21. The Kier molecular flexibility index (Phi) is 3.80.